The Bertz CT molecular complexity index is 571. The minimum Gasteiger partial charge on any atom is -0.508 e. The fraction of sp³-hybridized carbons (Fsp3) is 0.462. The summed E-state index contributed by atoms with van der Waals surface area (Å²) in [6, 6.07) is 2.69. The van der Waals surface area contributed by atoms with Gasteiger partial charge >= 0.3 is 6.18 Å². The molecule has 5 nitrogen and oxygen atoms in total. The number of rotatable bonds is 3. The van der Waals surface area contributed by atoms with E-state index in [0.717, 1.165) is 5.01 Å². The van der Waals surface area contributed by atoms with Crippen LogP contribution in [-0.2, 0) is 0 Å². The van der Waals surface area contributed by atoms with Gasteiger partial charge in [-0.25, -0.2) is 4.99 Å². The van der Waals surface area contributed by atoms with Crippen molar-refractivity contribution in [3.8, 4) is 11.5 Å². The van der Waals surface area contributed by atoms with Crippen molar-refractivity contribution in [3.05, 3.63) is 23.3 Å². The second-order valence-electron chi connectivity index (χ2n) is 5.16. The molecule has 0 unspecified atom stereocenters. The lowest BCUT2D eigenvalue weighted by atomic mass is 9.98. The van der Waals surface area contributed by atoms with E-state index in [9.17, 15) is 23.4 Å². The van der Waals surface area contributed by atoms with E-state index in [1.54, 1.807) is 0 Å². The molecule has 0 aliphatic carbocycles. The molecule has 8 heteroatoms. The van der Waals surface area contributed by atoms with Crippen molar-refractivity contribution in [2.24, 2.45) is 4.99 Å². The fourth-order valence-electron chi connectivity index (χ4n) is 2.07. The number of hydrogen-bond acceptors (Lipinski definition) is 5. The predicted molar refractivity (Wildman–Crippen MR) is 71.2 cm³/mol. The maximum absolute atomic E-state index is 12.3. The number of phenols is 2. The molecule has 0 saturated heterocycles. The molecule has 3 N–H and O–H groups in total. The first kappa shape index (κ1) is 15.4. The number of aromatic hydroxyl groups is 2. The minimum absolute atomic E-state index is 0.00219. The number of nitrogens with one attached hydrogen (secondary N) is 1. The SMILES string of the molecule is CC(C)c1cc(C2=NCN(CC(F)(F)F)N2)c(O)cc1O. The molecule has 116 valence electrons. The second-order valence-corrected chi connectivity index (χ2v) is 5.16. The molecule has 1 aliphatic rings. The van der Waals surface area contributed by atoms with Gasteiger partial charge < -0.3 is 15.6 Å². The Labute approximate surface area is 119 Å². The molecule has 1 aromatic carbocycles. The van der Waals surface area contributed by atoms with Crippen molar-refractivity contribution in [2.75, 3.05) is 13.2 Å². The van der Waals surface area contributed by atoms with Crippen LogP contribution < -0.4 is 5.43 Å². The molecule has 0 radical (unpaired) electrons. The zero-order valence-electron chi connectivity index (χ0n) is 11.6. The van der Waals surface area contributed by atoms with Crippen LogP contribution in [0.2, 0.25) is 0 Å². The summed E-state index contributed by atoms with van der Waals surface area (Å²) in [5.41, 5.74) is 3.36. The average Bonchev–Trinajstić information content (AvgIpc) is 2.74. The molecule has 0 aromatic heterocycles. The van der Waals surface area contributed by atoms with Crippen LogP contribution in [0.5, 0.6) is 11.5 Å². The number of hydrazine groups is 1. The van der Waals surface area contributed by atoms with E-state index in [2.05, 4.69) is 10.4 Å². The van der Waals surface area contributed by atoms with Crippen molar-refractivity contribution in [2.45, 2.75) is 25.9 Å². The Hall–Kier alpha value is -1.96. The molecule has 0 atom stereocenters. The van der Waals surface area contributed by atoms with Gasteiger partial charge in [0.2, 0.25) is 0 Å². The Kier molecular flexibility index (Phi) is 3.99. The highest BCUT2D eigenvalue weighted by atomic mass is 19.4. The van der Waals surface area contributed by atoms with Crippen molar-refractivity contribution in [1.29, 1.82) is 0 Å². The first-order valence-electron chi connectivity index (χ1n) is 6.36. The van der Waals surface area contributed by atoms with Gasteiger partial charge in [-0.05, 0) is 17.5 Å². The monoisotopic (exact) mass is 303 g/mol. The van der Waals surface area contributed by atoms with Crippen LogP contribution >= 0.6 is 0 Å². The van der Waals surface area contributed by atoms with E-state index >= 15 is 0 Å². The summed E-state index contributed by atoms with van der Waals surface area (Å²) in [4.78, 5) is 3.95. The minimum atomic E-state index is -4.34. The quantitative estimate of drug-likeness (QED) is 0.801. The summed E-state index contributed by atoms with van der Waals surface area (Å²) < 4.78 is 37.0. The molecule has 1 heterocycles. The third kappa shape index (κ3) is 3.57. The standard InChI is InChI=1S/C13H16F3N3O2/c1-7(2)8-3-9(11(21)4-10(8)20)12-17-6-19(18-12)5-13(14,15)16/h3-4,7,20-21H,5-6H2,1-2H3,(H,17,18). The number of aliphatic imine (C=N–C) groups is 1. The van der Waals surface area contributed by atoms with Gasteiger partial charge in [0.05, 0.1) is 5.56 Å². The normalized spacial score (nSPS) is 16.2. The van der Waals surface area contributed by atoms with Gasteiger partial charge in [-0.3, -0.25) is 0 Å². The van der Waals surface area contributed by atoms with Crippen LogP contribution in [-0.4, -0.2) is 40.4 Å². The van der Waals surface area contributed by atoms with Crippen LogP contribution in [0.1, 0.15) is 30.9 Å². The number of hydrogen-bond donors (Lipinski definition) is 3. The van der Waals surface area contributed by atoms with Crippen molar-refractivity contribution in [3.63, 3.8) is 0 Å². The zero-order chi connectivity index (χ0) is 15.8. The van der Waals surface area contributed by atoms with Crippen LogP contribution in [0.15, 0.2) is 17.1 Å². The van der Waals surface area contributed by atoms with Gasteiger partial charge in [0, 0.05) is 6.07 Å². The molecule has 21 heavy (non-hydrogen) atoms. The summed E-state index contributed by atoms with van der Waals surface area (Å²) in [5, 5.41) is 20.5. The van der Waals surface area contributed by atoms with Gasteiger partial charge in [-0.2, -0.15) is 18.2 Å². The number of alkyl halides is 3. The molecule has 0 spiro atoms. The Morgan fingerprint density at radius 3 is 2.52 bits per heavy atom. The first-order chi connectivity index (χ1) is 9.67. The van der Waals surface area contributed by atoms with E-state index in [-0.39, 0.29) is 35.5 Å². The number of phenolic OH excluding ortho intramolecular Hbond substituents is 2. The lowest BCUT2D eigenvalue weighted by Crippen LogP contribution is -2.42. The molecule has 0 fully saturated rings. The highest BCUT2D eigenvalue weighted by molar-refractivity contribution is 6.02. The average molecular weight is 303 g/mol. The molecule has 2 rings (SSSR count). The van der Waals surface area contributed by atoms with Gasteiger partial charge in [0.25, 0.3) is 0 Å². The van der Waals surface area contributed by atoms with Crippen LogP contribution in [0.3, 0.4) is 0 Å². The lowest BCUT2D eigenvalue weighted by Gasteiger charge is -2.18. The molecule has 1 aromatic rings. The summed E-state index contributed by atoms with van der Waals surface area (Å²) in [6.07, 6.45) is -4.34. The number of amidine groups is 1. The Balaban J connectivity index is 2.22. The number of benzene rings is 1. The molecular weight excluding hydrogens is 287 g/mol. The predicted octanol–water partition coefficient (Wildman–Crippen LogP) is 2.31. The van der Waals surface area contributed by atoms with E-state index < -0.39 is 12.7 Å². The number of halogens is 3. The largest absolute Gasteiger partial charge is 0.508 e. The molecule has 0 amide bonds. The van der Waals surface area contributed by atoms with Crippen LogP contribution in [0.25, 0.3) is 0 Å². The lowest BCUT2D eigenvalue weighted by molar-refractivity contribution is -0.148. The van der Waals surface area contributed by atoms with Gasteiger partial charge in [-0.15, -0.1) is 0 Å². The van der Waals surface area contributed by atoms with Gasteiger partial charge in [-0.1, -0.05) is 13.8 Å². The van der Waals surface area contributed by atoms with Crippen molar-refractivity contribution < 1.29 is 23.4 Å². The Morgan fingerprint density at radius 1 is 1.29 bits per heavy atom. The molecule has 0 saturated carbocycles. The number of nitrogens with zero attached hydrogens (tertiary/aromatic N) is 2. The summed E-state index contributed by atoms with van der Waals surface area (Å²) >= 11 is 0. The van der Waals surface area contributed by atoms with Crippen LogP contribution in [0, 0.1) is 0 Å². The molecular formula is C13H16F3N3O2. The smallest absolute Gasteiger partial charge is 0.403 e. The maximum atomic E-state index is 12.3. The van der Waals surface area contributed by atoms with E-state index in [1.807, 2.05) is 13.8 Å². The molecule has 0 bridgehead atoms. The van der Waals surface area contributed by atoms with E-state index in [4.69, 9.17) is 0 Å². The first-order valence-corrected chi connectivity index (χ1v) is 6.36. The summed E-state index contributed by atoms with van der Waals surface area (Å²) in [5.74, 6) is -0.148. The topological polar surface area (TPSA) is 68.1 Å². The third-order valence-electron chi connectivity index (χ3n) is 3.06. The Morgan fingerprint density at radius 2 is 1.95 bits per heavy atom. The molecule has 1 aliphatic heterocycles. The van der Waals surface area contributed by atoms with Gasteiger partial charge in [0.1, 0.15) is 30.5 Å². The highest BCUT2D eigenvalue weighted by Gasteiger charge is 2.33. The summed E-state index contributed by atoms with van der Waals surface area (Å²) in [6.45, 7) is 2.41. The maximum Gasteiger partial charge on any atom is 0.403 e. The van der Waals surface area contributed by atoms with Crippen LogP contribution in [0.4, 0.5) is 13.2 Å². The fourth-order valence-corrected chi connectivity index (χ4v) is 2.07. The van der Waals surface area contributed by atoms with E-state index in [1.165, 1.54) is 12.1 Å². The second kappa shape index (κ2) is 5.44. The highest BCUT2D eigenvalue weighted by Crippen LogP contribution is 2.32. The summed E-state index contributed by atoms with van der Waals surface area (Å²) in [7, 11) is 0. The third-order valence-corrected chi connectivity index (χ3v) is 3.06. The van der Waals surface area contributed by atoms with Gasteiger partial charge in [0.15, 0.2) is 0 Å². The zero-order valence-corrected chi connectivity index (χ0v) is 11.6. The van der Waals surface area contributed by atoms with Crippen molar-refractivity contribution >= 4 is 5.84 Å². The van der Waals surface area contributed by atoms with Crippen molar-refractivity contribution in [1.82, 2.24) is 10.4 Å². The van der Waals surface area contributed by atoms with E-state index in [0.29, 0.717) is 5.56 Å².